The van der Waals surface area contributed by atoms with Gasteiger partial charge in [0.1, 0.15) is 0 Å². The Morgan fingerprint density at radius 2 is 2.00 bits per heavy atom. The standard InChI is InChI=1S/C12H15ClO5S/c1-9-4-5-10(8-11(9)19(13,15)16)12(14)18-7-3-6-17-2/h4-5,8H,3,6-7H2,1-2H3. The second-order valence-corrected chi connectivity index (χ2v) is 6.43. The topological polar surface area (TPSA) is 69.7 Å². The number of carbonyl (C=O) groups is 1. The van der Waals surface area contributed by atoms with Crippen molar-refractivity contribution in [2.45, 2.75) is 18.2 Å². The number of hydrogen-bond acceptors (Lipinski definition) is 5. The molecule has 0 amide bonds. The van der Waals surface area contributed by atoms with Crippen LogP contribution in [0.25, 0.3) is 0 Å². The molecule has 19 heavy (non-hydrogen) atoms. The lowest BCUT2D eigenvalue weighted by molar-refractivity contribution is 0.0468. The molecule has 0 aliphatic rings. The summed E-state index contributed by atoms with van der Waals surface area (Å²) in [5, 5.41) is 0. The van der Waals surface area contributed by atoms with E-state index in [4.69, 9.17) is 20.2 Å². The summed E-state index contributed by atoms with van der Waals surface area (Å²) in [6, 6.07) is 4.23. The molecule has 5 nitrogen and oxygen atoms in total. The number of esters is 1. The van der Waals surface area contributed by atoms with Crippen LogP contribution in [0.2, 0.25) is 0 Å². The monoisotopic (exact) mass is 306 g/mol. The zero-order valence-corrected chi connectivity index (χ0v) is 12.3. The van der Waals surface area contributed by atoms with Crippen molar-refractivity contribution in [2.24, 2.45) is 0 Å². The molecule has 0 N–H and O–H groups in total. The highest BCUT2D eigenvalue weighted by atomic mass is 35.7. The molecule has 1 aromatic carbocycles. The fourth-order valence-electron chi connectivity index (χ4n) is 1.44. The van der Waals surface area contributed by atoms with E-state index in [1.165, 1.54) is 18.2 Å². The number of hydrogen-bond donors (Lipinski definition) is 0. The number of rotatable bonds is 6. The molecule has 0 aliphatic carbocycles. The first-order chi connectivity index (χ1) is 8.86. The Kier molecular flexibility index (Phi) is 5.78. The summed E-state index contributed by atoms with van der Waals surface area (Å²) in [5.41, 5.74) is 0.633. The van der Waals surface area contributed by atoms with Crippen LogP contribution in [0, 0.1) is 6.92 Å². The number of carbonyl (C=O) groups excluding carboxylic acids is 1. The van der Waals surface area contributed by atoms with Gasteiger partial charge in [-0.1, -0.05) is 6.07 Å². The van der Waals surface area contributed by atoms with E-state index in [0.29, 0.717) is 18.6 Å². The molecule has 0 atom stereocenters. The molecule has 0 unspecified atom stereocenters. The normalized spacial score (nSPS) is 11.3. The van der Waals surface area contributed by atoms with Crippen LogP contribution in [0.3, 0.4) is 0 Å². The average Bonchev–Trinajstić information content (AvgIpc) is 2.33. The van der Waals surface area contributed by atoms with E-state index in [-0.39, 0.29) is 17.1 Å². The van der Waals surface area contributed by atoms with Gasteiger partial charge < -0.3 is 9.47 Å². The molecule has 0 saturated carbocycles. The summed E-state index contributed by atoms with van der Waals surface area (Å²) >= 11 is 0. The molecule has 7 heteroatoms. The van der Waals surface area contributed by atoms with Gasteiger partial charge in [-0.15, -0.1) is 0 Å². The van der Waals surface area contributed by atoms with Crippen molar-refractivity contribution in [3.63, 3.8) is 0 Å². The Morgan fingerprint density at radius 3 is 2.58 bits per heavy atom. The molecular formula is C12H15ClO5S. The molecule has 0 saturated heterocycles. The highest BCUT2D eigenvalue weighted by molar-refractivity contribution is 8.13. The maximum atomic E-state index is 11.7. The van der Waals surface area contributed by atoms with Crippen molar-refractivity contribution in [3.8, 4) is 0 Å². The van der Waals surface area contributed by atoms with Crippen LogP contribution in [0.15, 0.2) is 23.1 Å². The van der Waals surface area contributed by atoms with E-state index in [1.807, 2.05) is 0 Å². The molecule has 0 fully saturated rings. The van der Waals surface area contributed by atoms with Crippen LogP contribution < -0.4 is 0 Å². The van der Waals surface area contributed by atoms with E-state index < -0.39 is 15.0 Å². The number of halogens is 1. The molecule has 0 aromatic heterocycles. The van der Waals surface area contributed by atoms with E-state index in [9.17, 15) is 13.2 Å². The summed E-state index contributed by atoms with van der Waals surface area (Å²) in [7, 11) is 2.97. The molecule has 0 radical (unpaired) electrons. The Labute approximate surface area is 116 Å². The first-order valence-electron chi connectivity index (χ1n) is 5.57. The minimum absolute atomic E-state index is 0.0829. The minimum atomic E-state index is -3.87. The Morgan fingerprint density at radius 1 is 1.32 bits per heavy atom. The number of aryl methyl sites for hydroxylation is 1. The molecule has 1 rings (SSSR count). The van der Waals surface area contributed by atoms with E-state index in [2.05, 4.69) is 0 Å². The summed E-state index contributed by atoms with van der Waals surface area (Å²) in [5.74, 6) is -0.585. The van der Waals surface area contributed by atoms with Crippen LogP contribution in [-0.4, -0.2) is 34.7 Å². The van der Waals surface area contributed by atoms with Gasteiger partial charge in [0, 0.05) is 30.8 Å². The molecule has 0 spiro atoms. The number of ether oxygens (including phenoxy) is 2. The largest absolute Gasteiger partial charge is 0.462 e. The SMILES string of the molecule is COCCCOC(=O)c1ccc(C)c(S(=O)(=O)Cl)c1. The third kappa shape index (κ3) is 4.81. The van der Waals surface area contributed by atoms with E-state index in [0.717, 1.165) is 0 Å². The zero-order valence-electron chi connectivity index (χ0n) is 10.7. The zero-order chi connectivity index (χ0) is 14.5. The Balaban J connectivity index is 2.82. The Bertz CT molecular complexity index is 553. The van der Waals surface area contributed by atoms with Crippen molar-refractivity contribution >= 4 is 25.7 Å². The molecule has 106 valence electrons. The fourth-order valence-corrected chi connectivity index (χ4v) is 2.66. The third-order valence-corrected chi connectivity index (χ3v) is 3.88. The van der Waals surface area contributed by atoms with Crippen molar-refractivity contribution < 1.29 is 22.7 Å². The predicted octanol–water partition coefficient (Wildman–Crippen LogP) is 2.12. The number of benzene rings is 1. The summed E-state index contributed by atoms with van der Waals surface area (Å²) in [6.07, 6.45) is 0.578. The van der Waals surface area contributed by atoms with Gasteiger partial charge in [-0.2, -0.15) is 0 Å². The minimum Gasteiger partial charge on any atom is -0.462 e. The smallest absolute Gasteiger partial charge is 0.338 e. The first-order valence-corrected chi connectivity index (χ1v) is 7.88. The van der Waals surface area contributed by atoms with E-state index >= 15 is 0 Å². The summed E-state index contributed by atoms with van der Waals surface area (Å²) < 4.78 is 32.5. The predicted molar refractivity (Wildman–Crippen MR) is 71.0 cm³/mol. The maximum Gasteiger partial charge on any atom is 0.338 e. The van der Waals surface area contributed by atoms with Gasteiger partial charge in [-0.05, 0) is 24.6 Å². The van der Waals surface area contributed by atoms with Crippen LogP contribution in [0.1, 0.15) is 22.3 Å². The van der Waals surface area contributed by atoms with Gasteiger partial charge in [0.05, 0.1) is 17.1 Å². The van der Waals surface area contributed by atoms with Crippen LogP contribution in [0.4, 0.5) is 0 Å². The molecule has 0 aliphatic heterocycles. The van der Waals surface area contributed by atoms with Gasteiger partial charge in [-0.3, -0.25) is 0 Å². The molecule has 0 heterocycles. The molecule has 1 aromatic rings. The van der Waals surface area contributed by atoms with Gasteiger partial charge in [0.2, 0.25) is 0 Å². The molecule has 0 bridgehead atoms. The lowest BCUT2D eigenvalue weighted by atomic mass is 10.1. The highest BCUT2D eigenvalue weighted by Crippen LogP contribution is 2.21. The third-order valence-electron chi connectivity index (χ3n) is 2.41. The van der Waals surface area contributed by atoms with Gasteiger partial charge in [0.15, 0.2) is 0 Å². The molecular weight excluding hydrogens is 292 g/mol. The lowest BCUT2D eigenvalue weighted by Gasteiger charge is -2.07. The first kappa shape index (κ1) is 15.9. The van der Waals surface area contributed by atoms with Crippen molar-refractivity contribution in [1.82, 2.24) is 0 Å². The Hall–Kier alpha value is -1.11. The van der Waals surface area contributed by atoms with Crippen molar-refractivity contribution in [3.05, 3.63) is 29.3 Å². The fraction of sp³-hybridized carbons (Fsp3) is 0.417. The lowest BCUT2D eigenvalue weighted by Crippen LogP contribution is -2.09. The summed E-state index contributed by atoms with van der Waals surface area (Å²) in [6.45, 7) is 2.30. The van der Waals surface area contributed by atoms with Gasteiger partial charge >= 0.3 is 5.97 Å². The average molecular weight is 307 g/mol. The van der Waals surface area contributed by atoms with Gasteiger partial charge in [0.25, 0.3) is 9.05 Å². The second kappa shape index (κ2) is 6.88. The van der Waals surface area contributed by atoms with Crippen LogP contribution >= 0.6 is 10.7 Å². The van der Waals surface area contributed by atoms with Crippen molar-refractivity contribution in [1.29, 1.82) is 0 Å². The van der Waals surface area contributed by atoms with E-state index in [1.54, 1.807) is 14.0 Å². The number of methoxy groups -OCH3 is 1. The quantitative estimate of drug-likeness (QED) is 0.457. The van der Waals surface area contributed by atoms with Crippen molar-refractivity contribution in [2.75, 3.05) is 20.3 Å². The highest BCUT2D eigenvalue weighted by Gasteiger charge is 2.17. The van der Waals surface area contributed by atoms with Crippen LogP contribution in [-0.2, 0) is 18.5 Å². The van der Waals surface area contributed by atoms with Crippen LogP contribution in [0.5, 0.6) is 0 Å². The van der Waals surface area contributed by atoms with Gasteiger partial charge in [-0.25, -0.2) is 13.2 Å². The second-order valence-electron chi connectivity index (χ2n) is 3.90. The summed E-state index contributed by atoms with van der Waals surface area (Å²) in [4.78, 5) is 11.6. The maximum absolute atomic E-state index is 11.7.